The molecule has 8 heteroatoms. The lowest BCUT2D eigenvalue weighted by Gasteiger charge is -2.24. The minimum atomic E-state index is -0.230. The molecular formula is C27H22ClN3O2S2. The van der Waals surface area contributed by atoms with Gasteiger partial charge >= 0.3 is 0 Å². The number of fused-ring (bicyclic) bond motifs is 2. The summed E-state index contributed by atoms with van der Waals surface area (Å²) in [6.45, 7) is 0. The number of hydrogen-bond donors (Lipinski definition) is 1. The Morgan fingerprint density at radius 1 is 0.914 bits per heavy atom. The molecule has 0 bridgehead atoms. The number of H-pyrrole nitrogens is 1. The van der Waals surface area contributed by atoms with Crippen molar-refractivity contribution in [2.24, 2.45) is 0 Å². The molecule has 0 saturated heterocycles. The summed E-state index contributed by atoms with van der Waals surface area (Å²) in [5.41, 5.74) is 4.56. The number of carbonyl (C=O) groups is 1. The molecule has 0 spiro atoms. The number of carbonyl (C=O) groups excluding carboxylic acids is 1. The minimum absolute atomic E-state index is 0.0552. The standard InChI is InChI=1S/C27H22ClN3O2S2/c28-20-11-13-22(14-12-20)34-16-21-15-25(32)30-27(29-21)35-17-26(33)31-23-7-3-1-5-18(23)9-10-19-6-2-4-8-24(19)31/h1-8,11-15H,9-10,16-17H2,(H,29,30,32). The number of para-hydroxylation sites is 2. The van der Waals surface area contributed by atoms with Gasteiger partial charge in [-0.3, -0.25) is 14.5 Å². The summed E-state index contributed by atoms with van der Waals surface area (Å²) < 4.78 is 0. The van der Waals surface area contributed by atoms with E-state index < -0.39 is 0 Å². The zero-order chi connectivity index (χ0) is 24.2. The van der Waals surface area contributed by atoms with Crippen LogP contribution in [0.25, 0.3) is 0 Å². The number of aromatic nitrogens is 2. The van der Waals surface area contributed by atoms with Crippen molar-refractivity contribution in [1.82, 2.24) is 9.97 Å². The highest BCUT2D eigenvalue weighted by molar-refractivity contribution is 7.99. The molecule has 4 aromatic rings. The summed E-state index contributed by atoms with van der Waals surface area (Å²) in [6.07, 6.45) is 1.76. The molecule has 1 aromatic heterocycles. The van der Waals surface area contributed by atoms with Crippen LogP contribution in [0.2, 0.25) is 5.02 Å². The number of hydrogen-bond acceptors (Lipinski definition) is 5. The van der Waals surface area contributed by atoms with E-state index in [0.717, 1.165) is 40.2 Å². The Bertz CT molecular complexity index is 1380. The van der Waals surface area contributed by atoms with Gasteiger partial charge < -0.3 is 4.98 Å². The molecule has 0 radical (unpaired) electrons. The van der Waals surface area contributed by atoms with Crippen LogP contribution in [0.1, 0.15) is 16.8 Å². The Hall–Kier alpha value is -3.00. The van der Waals surface area contributed by atoms with Crippen molar-refractivity contribution in [3.8, 4) is 0 Å². The number of benzene rings is 3. The van der Waals surface area contributed by atoms with Gasteiger partial charge in [-0.25, -0.2) is 4.98 Å². The van der Waals surface area contributed by atoms with Crippen molar-refractivity contribution in [2.45, 2.75) is 28.6 Å². The molecule has 5 rings (SSSR count). The van der Waals surface area contributed by atoms with E-state index in [2.05, 4.69) is 22.1 Å². The Morgan fingerprint density at radius 3 is 2.20 bits per heavy atom. The second-order valence-electron chi connectivity index (χ2n) is 8.06. The lowest BCUT2D eigenvalue weighted by molar-refractivity contribution is -0.115. The van der Waals surface area contributed by atoms with Gasteiger partial charge in [0.1, 0.15) is 0 Å². The lowest BCUT2D eigenvalue weighted by atomic mass is 10.0. The van der Waals surface area contributed by atoms with Crippen LogP contribution in [0, 0.1) is 0 Å². The first-order chi connectivity index (χ1) is 17.1. The third-order valence-corrected chi connectivity index (χ3v) is 7.84. The van der Waals surface area contributed by atoms with Crippen LogP contribution in [0.15, 0.2) is 93.7 Å². The van der Waals surface area contributed by atoms with Gasteiger partial charge in [0.15, 0.2) is 5.16 Å². The summed E-state index contributed by atoms with van der Waals surface area (Å²) in [6, 6.07) is 25.1. The zero-order valence-electron chi connectivity index (χ0n) is 18.7. The summed E-state index contributed by atoms with van der Waals surface area (Å²) >= 11 is 8.77. The molecule has 2 heterocycles. The fourth-order valence-electron chi connectivity index (χ4n) is 4.06. The Morgan fingerprint density at radius 2 is 1.54 bits per heavy atom. The maximum absolute atomic E-state index is 13.5. The molecule has 0 aliphatic carbocycles. The van der Waals surface area contributed by atoms with Crippen LogP contribution >= 0.6 is 35.1 Å². The van der Waals surface area contributed by atoms with Crippen molar-refractivity contribution in [3.05, 3.63) is 111 Å². The summed E-state index contributed by atoms with van der Waals surface area (Å²) in [5.74, 6) is 0.639. The number of nitrogens with one attached hydrogen (secondary N) is 1. The van der Waals surface area contributed by atoms with Gasteiger partial charge in [0, 0.05) is 21.7 Å². The van der Waals surface area contributed by atoms with Gasteiger partial charge in [-0.15, -0.1) is 11.8 Å². The molecule has 35 heavy (non-hydrogen) atoms. The molecule has 0 saturated carbocycles. The molecule has 1 aliphatic heterocycles. The van der Waals surface area contributed by atoms with Gasteiger partial charge in [0.05, 0.1) is 22.8 Å². The number of aromatic amines is 1. The first kappa shape index (κ1) is 23.7. The van der Waals surface area contributed by atoms with Gasteiger partial charge in [-0.05, 0) is 60.4 Å². The molecule has 1 aliphatic rings. The second-order valence-corrected chi connectivity index (χ2v) is 10.5. The normalized spacial score (nSPS) is 12.5. The van der Waals surface area contributed by atoms with E-state index in [0.29, 0.717) is 21.6 Å². The highest BCUT2D eigenvalue weighted by Gasteiger charge is 2.25. The summed E-state index contributed by atoms with van der Waals surface area (Å²) in [5, 5.41) is 1.12. The predicted octanol–water partition coefficient (Wildman–Crippen LogP) is 6.27. The average molecular weight is 520 g/mol. The molecule has 0 unspecified atom stereocenters. The fraction of sp³-hybridized carbons (Fsp3) is 0.148. The summed E-state index contributed by atoms with van der Waals surface area (Å²) in [4.78, 5) is 36.0. The van der Waals surface area contributed by atoms with Crippen LogP contribution in [-0.2, 0) is 23.4 Å². The molecule has 0 atom stereocenters. The average Bonchev–Trinajstić information content (AvgIpc) is 3.04. The van der Waals surface area contributed by atoms with Gasteiger partial charge in [-0.2, -0.15) is 0 Å². The predicted molar refractivity (Wildman–Crippen MR) is 144 cm³/mol. The van der Waals surface area contributed by atoms with E-state index >= 15 is 0 Å². The smallest absolute Gasteiger partial charge is 0.251 e. The molecular weight excluding hydrogens is 498 g/mol. The van der Waals surface area contributed by atoms with Crippen molar-refractivity contribution >= 4 is 52.4 Å². The number of anilines is 2. The highest BCUT2D eigenvalue weighted by Crippen LogP contribution is 2.36. The molecule has 3 aromatic carbocycles. The van der Waals surface area contributed by atoms with Crippen LogP contribution in [-0.4, -0.2) is 21.6 Å². The topological polar surface area (TPSA) is 66.1 Å². The van der Waals surface area contributed by atoms with Crippen LogP contribution in [0.4, 0.5) is 11.4 Å². The van der Waals surface area contributed by atoms with Gasteiger partial charge in [-0.1, -0.05) is 59.8 Å². The van der Waals surface area contributed by atoms with Crippen molar-refractivity contribution in [2.75, 3.05) is 10.7 Å². The first-order valence-corrected chi connectivity index (χ1v) is 13.5. The molecule has 176 valence electrons. The number of thioether (sulfide) groups is 2. The first-order valence-electron chi connectivity index (χ1n) is 11.2. The van der Waals surface area contributed by atoms with E-state index in [1.807, 2.05) is 65.6 Å². The third kappa shape index (κ3) is 5.64. The molecule has 5 nitrogen and oxygen atoms in total. The number of halogens is 1. The monoisotopic (exact) mass is 519 g/mol. The Labute approximate surface area is 216 Å². The quantitative estimate of drug-likeness (QED) is 0.240. The largest absolute Gasteiger partial charge is 0.301 e. The number of rotatable bonds is 6. The second kappa shape index (κ2) is 10.7. The van der Waals surface area contributed by atoms with E-state index in [-0.39, 0.29) is 17.2 Å². The molecule has 1 amide bonds. The number of amides is 1. The summed E-state index contributed by atoms with van der Waals surface area (Å²) in [7, 11) is 0. The highest BCUT2D eigenvalue weighted by atomic mass is 35.5. The van der Waals surface area contributed by atoms with E-state index in [1.54, 1.807) is 11.8 Å². The maximum Gasteiger partial charge on any atom is 0.251 e. The van der Waals surface area contributed by atoms with Gasteiger partial charge in [0.2, 0.25) is 5.91 Å². The minimum Gasteiger partial charge on any atom is -0.301 e. The van der Waals surface area contributed by atoms with Gasteiger partial charge in [0.25, 0.3) is 5.56 Å². The fourth-order valence-corrected chi connectivity index (χ4v) is 5.72. The maximum atomic E-state index is 13.5. The third-order valence-electron chi connectivity index (χ3n) is 5.68. The van der Waals surface area contributed by atoms with Crippen LogP contribution in [0.5, 0.6) is 0 Å². The van der Waals surface area contributed by atoms with E-state index in [9.17, 15) is 9.59 Å². The SMILES string of the molecule is O=C(CSc1nc(CSc2ccc(Cl)cc2)cc(=O)[nH]1)N1c2ccccc2CCc2ccccc21. The van der Waals surface area contributed by atoms with Crippen LogP contribution < -0.4 is 10.5 Å². The van der Waals surface area contributed by atoms with E-state index in [1.165, 1.54) is 17.8 Å². The molecule has 0 fully saturated rings. The van der Waals surface area contributed by atoms with Crippen molar-refractivity contribution in [1.29, 1.82) is 0 Å². The van der Waals surface area contributed by atoms with Crippen molar-refractivity contribution in [3.63, 3.8) is 0 Å². The Balaban J connectivity index is 1.33. The van der Waals surface area contributed by atoms with E-state index in [4.69, 9.17) is 11.6 Å². The van der Waals surface area contributed by atoms with Crippen molar-refractivity contribution < 1.29 is 4.79 Å². The number of aryl methyl sites for hydroxylation is 2. The lowest BCUT2D eigenvalue weighted by Crippen LogP contribution is -2.28. The zero-order valence-corrected chi connectivity index (χ0v) is 21.1. The molecule has 1 N–H and O–H groups in total. The number of nitrogens with zero attached hydrogens (tertiary/aromatic N) is 2. The Kier molecular flexibility index (Phi) is 7.27. The van der Waals surface area contributed by atoms with Crippen LogP contribution in [0.3, 0.4) is 0 Å².